The summed E-state index contributed by atoms with van der Waals surface area (Å²) in [6.07, 6.45) is 97.3. The van der Waals surface area contributed by atoms with Crippen LogP contribution >= 0.6 is 0 Å². The molecule has 0 fully saturated rings. The first kappa shape index (κ1) is 81.7. The van der Waals surface area contributed by atoms with Crippen LogP contribution in [-0.4, -0.2) is 87.4 Å². The number of carbonyl (C=O) groups excluding carboxylic acids is 2. The predicted molar refractivity (Wildman–Crippen MR) is 373 cm³/mol. The third kappa shape index (κ3) is 68.0. The number of carboxylic acids is 1. The molecule has 0 aromatic rings. The van der Waals surface area contributed by atoms with E-state index in [1.807, 2.05) is 21.1 Å². The number of unbranched alkanes of at least 4 members (excludes halogenated alkanes) is 18. The zero-order valence-electron chi connectivity index (χ0n) is 55.9. The highest BCUT2D eigenvalue weighted by molar-refractivity contribution is 5.71. The van der Waals surface area contributed by atoms with Gasteiger partial charge in [-0.15, -0.1) is 0 Å². The second-order valence-electron chi connectivity index (χ2n) is 23.4. The average Bonchev–Trinajstić information content (AvgIpc) is 3.59. The zero-order valence-corrected chi connectivity index (χ0v) is 55.9. The molecule has 0 saturated carbocycles. The molecule has 0 aliphatic rings. The molecular weight excluding hydrogens is 1080 g/mol. The van der Waals surface area contributed by atoms with E-state index in [0.717, 1.165) is 148 Å². The Morgan fingerprint density at radius 2 is 0.621 bits per heavy atom. The fraction of sp³-hybridized carbons (Fsp3) is 0.603. The third-order valence-electron chi connectivity index (χ3n) is 14.0. The lowest BCUT2D eigenvalue weighted by Gasteiger charge is -2.25. The Balaban J connectivity index is 4.23. The predicted octanol–water partition coefficient (Wildman–Crippen LogP) is 21.5. The van der Waals surface area contributed by atoms with Crippen LogP contribution in [0.3, 0.4) is 0 Å². The fourth-order valence-electron chi connectivity index (χ4n) is 8.80. The third-order valence-corrected chi connectivity index (χ3v) is 14.0. The molecule has 87 heavy (non-hydrogen) atoms. The lowest BCUT2D eigenvalue weighted by Crippen LogP contribution is -2.40. The molecule has 0 aromatic heterocycles. The van der Waals surface area contributed by atoms with Crippen molar-refractivity contribution in [3.8, 4) is 0 Å². The number of nitrogens with zero attached hydrogens (tertiary/aromatic N) is 1. The first-order chi connectivity index (χ1) is 42.6. The van der Waals surface area contributed by atoms with Crippen molar-refractivity contribution in [3.05, 3.63) is 170 Å². The van der Waals surface area contributed by atoms with Crippen LogP contribution in [0.2, 0.25) is 0 Å². The van der Waals surface area contributed by atoms with Gasteiger partial charge in [0.15, 0.2) is 6.10 Å². The first-order valence-corrected chi connectivity index (χ1v) is 34.3. The lowest BCUT2D eigenvalue weighted by molar-refractivity contribution is -0.870. The Hall–Kier alpha value is -5.35. The molecule has 0 radical (unpaired) electrons. The SMILES string of the molecule is CC/C=C\C/C=C\C/C=C\C/C=C\C/C=C\C/C=C\C/C=C\CCCCCCCCCCCCCC(=O)OC(COC(=O)CCCCCCCCC/C=C\C/C=C\C/C=C\C/C=C\C/C=C\C/C=C\C/C=C\CC)COC(OCC[N+](C)(C)C)C(=O)O. The molecule has 0 aromatic carbocycles. The topological polar surface area (TPSA) is 108 Å². The standard InChI is InChI=1S/C78H125NO8/c1-6-8-10-12-14-16-18-20-22-24-26-28-30-32-34-36-37-38-39-41-43-45-47-49-51-53-55-57-59-61-63-65-67-69-76(81)87-74(73-86-78(77(82)83)84-71-70-79(3,4)5)72-85-75(80)68-66-64-62-60-58-56-54-52-50-48-46-44-42-40-35-33-31-29-27-25-23-21-19-17-15-13-11-9-7-2/h8-11,14-17,20-23,26-29,32-35,37-38,41-44,48,50,74,78H,6-7,12-13,18-19,24-25,30-31,36,39-40,45-47,49,51-73H2,1-5H3/p+1/b10-8-,11-9-,16-14-,17-15-,22-20-,23-21-,28-26-,29-27-,34-32-,35-33-,38-37-,43-41-,44-42-,50-48-. The lowest BCUT2D eigenvalue weighted by atomic mass is 10.0. The summed E-state index contributed by atoms with van der Waals surface area (Å²) in [6.45, 7) is 4.62. The molecule has 2 unspecified atom stereocenters. The Morgan fingerprint density at radius 3 is 0.920 bits per heavy atom. The summed E-state index contributed by atoms with van der Waals surface area (Å²) < 4.78 is 22.9. The number of aliphatic carboxylic acids is 1. The van der Waals surface area contributed by atoms with E-state index in [1.165, 1.54) is 64.2 Å². The van der Waals surface area contributed by atoms with Crippen LogP contribution in [0.25, 0.3) is 0 Å². The summed E-state index contributed by atoms with van der Waals surface area (Å²) in [7, 11) is 5.96. The Labute approximate surface area is 533 Å². The van der Waals surface area contributed by atoms with Crippen molar-refractivity contribution in [2.75, 3.05) is 47.5 Å². The van der Waals surface area contributed by atoms with Gasteiger partial charge in [-0.1, -0.05) is 274 Å². The summed E-state index contributed by atoms with van der Waals surface area (Å²) in [6, 6.07) is 0. The van der Waals surface area contributed by atoms with Gasteiger partial charge >= 0.3 is 17.9 Å². The Morgan fingerprint density at radius 1 is 0.345 bits per heavy atom. The van der Waals surface area contributed by atoms with Crippen molar-refractivity contribution in [1.82, 2.24) is 0 Å². The monoisotopic (exact) mass is 1200 g/mol. The van der Waals surface area contributed by atoms with Crippen LogP contribution in [0, 0.1) is 0 Å². The van der Waals surface area contributed by atoms with Crippen LogP contribution in [0.4, 0.5) is 0 Å². The molecule has 0 aliphatic heterocycles. The summed E-state index contributed by atoms with van der Waals surface area (Å²) in [5.74, 6) is -2.04. The van der Waals surface area contributed by atoms with Gasteiger partial charge in [0.25, 0.3) is 6.29 Å². The summed E-state index contributed by atoms with van der Waals surface area (Å²) in [5, 5.41) is 9.75. The largest absolute Gasteiger partial charge is 0.477 e. The van der Waals surface area contributed by atoms with Crippen molar-refractivity contribution < 1.29 is 42.9 Å². The average molecular weight is 1210 g/mol. The van der Waals surface area contributed by atoms with Gasteiger partial charge in [-0.2, -0.15) is 0 Å². The molecule has 0 heterocycles. The summed E-state index contributed by atoms with van der Waals surface area (Å²) in [4.78, 5) is 37.6. The number of hydrogen-bond donors (Lipinski definition) is 1. The summed E-state index contributed by atoms with van der Waals surface area (Å²) in [5.41, 5.74) is 0. The minimum absolute atomic E-state index is 0.176. The van der Waals surface area contributed by atoms with E-state index < -0.39 is 24.3 Å². The van der Waals surface area contributed by atoms with Gasteiger partial charge in [0.2, 0.25) is 0 Å². The van der Waals surface area contributed by atoms with E-state index in [2.05, 4.69) is 184 Å². The molecule has 2 atom stereocenters. The van der Waals surface area contributed by atoms with Gasteiger partial charge in [0.05, 0.1) is 34.4 Å². The first-order valence-electron chi connectivity index (χ1n) is 34.3. The van der Waals surface area contributed by atoms with Crippen LogP contribution in [0.5, 0.6) is 0 Å². The van der Waals surface area contributed by atoms with E-state index in [9.17, 15) is 19.5 Å². The van der Waals surface area contributed by atoms with Crippen molar-refractivity contribution in [2.24, 2.45) is 0 Å². The molecule has 0 bridgehead atoms. The number of esters is 2. The number of carboxylic acid groups (broad SMARTS) is 1. The van der Waals surface area contributed by atoms with Crippen LogP contribution in [0.1, 0.15) is 245 Å². The number of quaternary nitrogens is 1. The zero-order chi connectivity index (χ0) is 63.3. The van der Waals surface area contributed by atoms with Crippen molar-refractivity contribution in [3.63, 3.8) is 0 Å². The van der Waals surface area contributed by atoms with E-state index in [0.29, 0.717) is 17.4 Å². The number of hydrogen-bond acceptors (Lipinski definition) is 7. The van der Waals surface area contributed by atoms with Gasteiger partial charge in [0.1, 0.15) is 13.2 Å². The maximum absolute atomic E-state index is 12.9. The number of allylic oxidation sites excluding steroid dienone is 28. The van der Waals surface area contributed by atoms with Gasteiger partial charge in [-0.3, -0.25) is 9.59 Å². The Bertz CT molecular complexity index is 2030. The van der Waals surface area contributed by atoms with E-state index in [4.69, 9.17) is 18.9 Å². The van der Waals surface area contributed by atoms with Crippen molar-refractivity contribution >= 4 is 17.9 Å². The van der Waals surface area contributed by atoms with Gasteiger partial charge in [-0.25, -0.2) is 4.79 Å². The molecule has 490 valence electrons. The summed E-state index contributed by atoms with van der Waals surface area (Å²) >= 11 is 0. The highest BCUT2D eigenvalue weighted by Crippen LogP contribution is 2.15. The molecule has 9 nitrogen and oxygen atoms in total. The van der Waals surface area contributed by atoms with Crippen LogP contribution in [0.15, 0.2) is 170 Å². The maximum atomic E-state index is 12.9. The molecular formula is C78H126NO8+. The number of likely N-dealkylation sites (N-methyl/N-ethyl adjacent to an activating group) is 1. The van der Waals surface area contributed by atoms with Crippen LogP contribution in [-0.2, 0) is 33.3 Å². The second-order valence-corrected chi connectivity index (χ2v) is 23.4. The van der Waals surface area contributed by atoms with Crippen LogP contribution < -0.4 is 0 Å². The molecule has 0 aliphatic carbocycles. The van der Waals surface area contributed by atoms with Gasteiger partial charge < -0.3 is 28.5 Å². The molecule has 0 spiro atoms. The van der Waals surface area contributed by atoms with Gasteiger partial charge in [0, 0.05) is 12.8 Å². The maximum Gasteiger partial charge on any atom is 0.361 e. The molecule has 0 amide bonds. The highest BCUT2D eigenvalue weighted by Gasteiger charge is 2.25. The minimum atomic E-state index is -1.53. The van der Waals surface area contributed by atoms with E-state index >= 15 is 0 Å². The number of ether oxygens (including phenoxy) is 4. The number of rotatable bonds is 61. The smallest absolute Gasteiger partial charge is 0.361 e. The van der Waals surface area contributed by atoms with Crippen molar-refractivity contribution in [2.45, 2.75) is 257 Å². The fourth-order valence-corrected chi connectivity index (χ4v) is 8.80. The molecule has 1 N–H and O–H groups in total. The van der Waals surface area contributed by atoms with E-state index in [-0.39, 0.29) is 38.6 Å². The molecule has 0 rings (SSSR count). The minimum Gasteiger partial charge on any atom is -0.477 e. The quantitative estimate of drug-likeness (QED) is 0.0211. The second kappa shape index (κ2) is 66.6. The normalized spacial score (nSPS) is 13.8. The number of carbonyl (C=O) groups is 3. The van der Waals surface area contributed by atoms with Crippen molar-refractivity contribution in [1.29, 1.82) is 0 Å². The molecule has 9 heteroatoms. The van der Waals surface area contributed by atoms with E-state index in [1.54, 1.807) is 0 Å². The molecule has 0 saturated heterocycles. The highest BCUT2D eigenvalue weighted by atomic mass is 16.7. The Kier molecular flexibility index (Phi) is 62.5. The van der Waals surface area contributed by atoms with Gasteiger partial charge in [-0.05, 0) is 128 Å².